The van der Waals surface area contributed by atoms with Crippen LogP contribution in [0.3, 0.4) is 0 Å². The van der Waals surface area contributed by atoms with Gasteiger partial charge in [0.2, 0.25) is 5.13 Å². The molecule has 0 fully saturated rings. The highest BCUT2D eigenvalue weighted by Gasteiger charge is 2.03. The van der Waals surface area contributed by atoms with Gasteiger partial charge in [0.25, 0.3) is 0 Å². The van der Waals surface area contributed by atoms with Gasteiger partial charge in [-0.15, -0.1) is 22.9 Å². The monoisotopic (exact) mass is 333 g/mol. The van der Waals surface area contributed by atoms with E-state index in [0.29, 0.717) is 21.1 Å². The number of nitrogens with zero attached hydrogens (tertiary/aromatic N) is 2. The molecule has 0 saturated carbocycles. The molecule has 0 aliphatic heterocycles. The zero-order chi connectivity index (χ0) is 13.8. The molecule has 1 N–H and O–H groups in total. The van der Waals surface area contributed by atoms with Gasteiger partial charge in [-0.25, -0.2) is 4.98 Å². The molecule has 0 spiro atoms. The van der Waals surface area contributed by atoms with Gasteiger partial charge in [0.1, 0.15) is 0 Å². The second-order valence-electron chi connectivity index (χ2n) is 3.72. The van der Waals surface area contributed by atoms with Crippen molar-refractivity contribution in [1.82, 2.24) is 4.98 Å². The number of anilines is 1. The Morgan fingerprint density at radius 2 is 2.16 bits per heavy atom. The van der Waals surface area contributed by atoms with Gasteiger partial charge in [0.15, 0.2) is 0 Å². The van der Waals surface area contributed by atoms with Gasteiger partial charge in [-0.3, -0.25) is 5.43 Å². The highest BCUT2D eigenvalue weighted by Crippen LogP contribution is 2.23. The van der Waals surface area contributed by atoms with Crippen LogP contribution in [-0.2, 0) is 5.88 Å². The maximum Gasteiger partial charge on any atom is 0.203 e. The Morgan fingerprint density at radius 1 is 1.37 bits per heavy atom. The second-order valence-corrected chi connectivity index (χ2v) is 5.66. The van der Waals surface area contributed by atoms with Crippen molar-refractivity contribution < 1.29 is 0 Å². The molecule has 0 aliphatic carbocycles. The Balaban J connectivity index is 2.11. The summed E-state index contributed by atoms with van der Waals surface area (Å²) in [7, 11) is 0. The molecule has 0 bridgehead atoms. The fourth-order valence-electron chi connectivity index (χ4n) is 1.34. The molecule has 0 amide bonds. The van der Waals surface area contributed by atoms with Crippen LogP contribution < -0.4 is 5.43 Å². The average molecular weight is 335 g/mol. The molecular formula is C12H10Cl3N3S. The van der Waals surface area contributed by atoms with Crippen LogP contribution in [0, 0.1) is 0 Å². The van der Waals surface area contributed by atoms with E-state index in [9.17, 15) is 0 Å². The van der Waals surface area contributed by atoms with Crippen LogP contribution in [0.25, 0.3) is 0 Å². The molecule has 0 unspecified atom stereocenters. The smallest absolute Gasteiger partial charge is 0.203 e. The van der Waals surface area contributed by atoms with Crippen molar-refractivity contribution in [3.05, 3.63) is 44.9 Å². The van der Waals surface area contributed by atoms with Gasteiger partial charge in [-0.2, -0.15) is 5.10 Å². The van der Waals surface area contributed by atoms with Crippen LogP contribution in [0.15, 0.2) is 28.7 Å². The normalized spacial score (nSPS) is 11.7. The third kappa shape index (κ3) is 3.83. The summed E-state index contributed by atoms with van der Waals surface area (Å²) in [5.41, 5.74) is 5.41. The van der Waals surface area contributed by atoms with Crippen molar-refractivity contribution in [2.45, 2.75) is 12.8 Å². The van der Waals surface area contributed by atoms with E-state index < -0.39 is 0 Å². The van der Waals surface area contributed by atoms with Crippen molar-refractivity contribution in [3.63, 3.8) is 0 Å². The molecule has 19 heavy (non-hydrogen) atoms. The molecule has 1 aromatic heterocycles. The third-order valence-electron chi connectivity index (χ3n) is 2.35. The zero-order valence-electron chi connectivity index (χ0n) is 9.95. The molecule has 1 aromatic carbocycles. The lowest BCUT2D eigenvalue weighted by Gasteiger charge is -2.03. The number of alkyl halides is 1. The molecule has 1 heterocycles. The Labute approximate surface area is 130 Å². The molecule has 0 radical (unpaired) electrons. The van der Waals surface area contributed by atoms with Crippen LogP contribution in [0.1, 0.15) is 18.2 Å². The summed E-state index contributed by atoms with van der Waals surface area (Å²) in [4.78, 5) is 4.25. The van der Waals surface area contributed by atoms with Gasteiger partial charge in [0, 0.05) is 5.38 Å². The van der Waals surface area contributed by atoms with Crippen LogP contribution in [0.4, 0.5) is 5.13 Å². The summed E-state index contributed by atoms with van der Waals surface area (Å²) in [6, 6.07) is 5.38. The number of nitrogens with one attached hydrogen (secondary N) is 1. The summed E-state index contributed by atoms with van der Waals surface area (Å²) in [6.07, 6.45) is 0. The van der Waals surface area contributed by atoms with Gasteiger partial charge in [-0.1, -0.05) is 29.3 Å². The quantitative estimate of drug-likeness (QED) is 0.484. The minimum Gasteiger partial charge on any atom is -0.252 e. The average Bonchev–Trinajstić information content (AvgIpc) is 2.87. The molecule has 0 saturated heterocycles. The summed E-state index contributed by atoms with van der Waals surface area (Å²) in [5, 5.41) is 7.88. The maximum absolute atomic E-state index is 5.96. The molecule has 7 heteroatoms. The van der Waals surface area contributed by atoms with Gasteiger partial charge in [0.05, 0.1) is 27.3 Å². The maximum atomic E-state index is 5.96. The SMILES string of the molecule is C/C(=N\Nc1nc(CCl)cs1)c1ccc(Cl)c(Cl)c1. The Kier molecular flexibility index (Phi) is 5.05. The molecule has 2 aromatic rings. The van der Waals surface area contributed by atoms with Gasteiger partial charge >= 0.3 is 0 Å². The summed E-state index contributed by atoms with van der Waals surface area (Å²) < 4.78 is 0. The Hall–Kier alpha value is -0.810. The topological polar surface area (TPSA) is 37.3 Å². The van der Waals surface area contributed by atoms with Crippen molar-refractivity contribution in [3.8, 4) is 0 Å². The highest BCUT2D eigenvalue weighted by molar-refractivity contribution is 7.13. The lowest BCUT2D eigenvalue weighted by atomic mass is 10.1. The van der Waals surface area contributed by atoms with Crippen LogP contribution in [0.5, 0.6) is 0 Å². The number of thiazole rings is 1. The minimum absolute atomic E-state index is 0.396. The molecule has 0 atom stereocenters. The lowest BCUT2D eigenvalue weighted by molar-refractivity contribution is 1.19. The molecule has 0 aliphatic rings. The minimum atomic E-state index is 0.396. The van der Waals surface area contributed by atoms with E-state index in [1.54, 1.807) is 12.1 Å². The van der Waals surface area contributed by atoms with Crippen LogP contribution in [-0.4, -0.2) is 10.7 Å². The first kappa shape index (κ1) is 14.6. The van der Waals surface area contributed by atoms with Crippen molar-refractivity contribution in [1.29, 1.82) is 0 Å². The fourth-order valence-corrected chi connectivity index (χ4v) is 2.52. The van der Waals surface area contributed by atoms with E-state index in [1.165, 1.54) is 11.3 Å². The van der Waals surface area contributed by atoms with Crippen molar-refractivity contribution >= 4 is 57.0 Å². The molecular weight excluding hydrogens is 325 g/mol. The Morgan fingerprint density at radius 3 is 2.79 bits per heavy atom. The number of halogens is 3. The highest BCUT2D eigenvalue weighted by atomic mass is 35.5. The summed E-state index contributed by atoms with van der Waals surface area (Å²) in [5.74, 6) is 0.396. The number of hydrogen-bond acceptors (Lipinski definition) is 4. The number of aromatic nitrogens is 1. The number of hydrazone groups is 1. The van der Waals surface area contributed by atoms with Gasteiger partial charge < -0.3 is 0 Å². The summed E-state index contributed by atoms with van der Waals surface area (Å²) >= 11 is 19.0. The van der Waals surface area contributed by atoms with E-state index in [1.807, 2.05) is 18.4 Å². The first-order chi connectivity index (χ1) is 9.10. The lowest BCUT2D eigenvalue weighted by Crippen LogP contribution is -1.99. The number of rotatable bonds is 4. The van der Waals surface area contributed by atoms with E-state index >= 15 is 0 Å². The second kappa shape index (κ2) is 6.57. The fraction of sp³-hybridized carbons (Fsp3) is 0.167. The van der Waals surface area contributed by atoms with E-state index in [0.717, 1.165) is 17.0 Å². The predicted octanol–water partition coefficient (Wildman–Crippen LogP) is 5.02. The Bertz CT molecular complexity index is 610. The van der Waals surface area contributed by atoms with Gasteiger partial charge in [-0.05, 0) is 24.6 Å². The van der Waals surface area contributed by atoms with E-state index in [2.05, 4.69) is 15.5 Å². The summed E-state index contributed by atoms with van der Waals surface area (Å²) in [6.45, 7) is 1.88. The molecule has 100 valence electrons. The van der Waals surface area contributed by atoms with E-state index in [-0.39, 0.29) is 0 Å². The molecule has 3 nitrogen and oxygen atoms in total. The van der Waals surface area contributed by atoms with Crippen molar-refractivity contribution in [2.24, 2.45) is 5.10 Å². The van der Waals surface area contributed by atoms with E-state index in [4.69, 9.17) is 34.8 Å². The standard InChI is InChI=1S/C12H10Cl3N3S/c1-7(8-2-3-10(14)11(15)4-8)17-18-12-16-9(5-13)6-19-12/h2-4,6H,5H2,1H3,(H,16,18)/b17-7+. The largest absolute Gasteiger partial charge is 0.252 e. The van der Waals surface area contributed by atoms with Crippen molar-refractivity contribution in [2.75, 3.05) is 5.43 Å². The first-order valence-corrected chi connectivity index (χ1v) is 7.53. The van der Waals surface area contributed by atoms with Crippen LogP contribution >= 0.6 is 46.1 Å². The third-order valence-corrected chi connectivity index (χ3v) is 4.15. The number of benzene rings is 1. The van der Waals surface area contributed by atoms with Crippen LogP contribution in [0.2, 0.25) is 10.0 Å². The molecule has 2 rings (SSSR count). The predicted molar refractivity (Wildman–Crippen MR) is 84.0 cm³/mol. The zero-order valence-corrected chi connectivity index (χ0v) is 13.0. The number of hydrogen-bond donors (Lipinski definition) is 1. The first-order valence-electron chi connectivity index (χ1n) is 5.36.